The fourth-order valence-electron chi connectivity index (χ4n) is 3.77. The van der Waals surface area contributed by atoms with Crippen molar-refractivity contribution in [3.63, 3.8) is 0 Å². The Labute approximate surface area is 124 Å². The average molecular weight is 285 g/mol. The zero-order valence-electron chi connectivity index (χ0n) is 13.5. The van der Waals surface area contributed by atoms with Crippen LogP contribution in [0.15, 0.2) is 0 Å². The number of hydrogen-bond donors (Lipinski definition) is 0. The summed E-state index contributed by atoms with van der Waals surface area (Å²) in [6, 6.07) is 0.472. The summed E-state index contributed by atoms with van der Waals surface area (Å²) in [5.74, 6) is 1.36. The van der Waals surface area contributed by atoms with Crippen molar-refractivity contribution >= 4 is 0 Å². The molecule has 2 heterocycles. The minimum atomic E-state index is -0.604. The van der Waals surface area contributed by atoms with Gasteiger partial charge in [-0.25, -0.2) is 4.39 Å². The lowest BCUT2D eigenvalue weighted by molar-refractivity contribution is 0.0877. The normalized spacial score (nSPS) is 33.1. The lowest BCUT2D eigenvalue weighted by atomic mass is 9.97. The molecule has 2 nitrogen and oxygen atoms in total. The van der Waals surface area contributed by atoms with Crippen LogP contribution in [-0.2, 0) is 4.74 Å². The summed E-state index contributed by atoms with van der Waals surface area (Å²) >= 11 is 0. The van der Waals surface area contributed by atoms with Crippen LogP contribution in [0.5, 0.6) is 0 Å². The van der Waals surface area contributed by atoms with E-state index < -0.39 is 6.17 Å². The number of hydrogen-bond acceptors (Lipinski definition) is 2. The number of nitrogens with zero attached hydrogens (tertiary/aromatic N) is 1. The molecule has 0 saturated carbocycles. The minimum absolute atomic E-state index is 0.472. The molecule has 2 saturated heterocycles. The van der Waals surface area contributed by atoms with Crippen molar-refractivity contribution in [2.75, 3.05) is 19.7 Å². The lowest BCUT2D eigenvalue weighted by Gasteiger charge is -2.27. The topological polar surface area (TPSA) is 12.5 Å². The van der Waals surface area contributed by atoms with Crippen molar-refractivity contribution in [3.05, 3.63) is 0 Å². The van der Waals surface area contributed by atoms with Crippen LogP contribution in [0.2, 0.25) is 0 Å². The summed E-state index contributed by atoms with van der Waals surface area (Å²) in [7, 11) is 0. The van der Waals surface area contributed by atoms with Gasteiger partial charge in [0.25, 0.3) is 0 Å². The third kappa shape index (κ3) is 5.00. The number of alkyl halides is 1. The first-order valence-corrected chi connectivity index (χ1v) is 8.54. The molecule has 0 N–H and O–H groups in total. The predicted molar refractivity (Wildman–Crippen MR) is 81.7 cm³/mol. The largest absolute Gasteiger partial charge is 0.378 e. The van der Waals surface area contributed by atoms with Crippen LogP contribution in [0.1, 0.15) is 59.3 Å². The molecule has 2 aliphatic heterocycles. The van der Waals surface area contributed by atoms with Gasteiger partial charge in [-0.05, 0) is 56.9 Å². The highest BCUT2D eigenvalue weighted by molar-refractivity contribution is 4.86. The predicted octanol–water partition coefficient (Wildman–Crippen LogP) is 4.04. The number of rotatable bonds is 7. The SMILES string of the molecule is CC(C)C[C@@H]1C[C@H](F)CN1CCC(C)CC1CCCO1. The van der Waals surface area contributed by atoms with E-state index >= 15 is 0 Å². The summed E-state index contributed by atoms with van der Waals surface area (Å²) in [4.78, 5) is 2.40. The van der Waals surface area contributed by atoms with E-state index in [9.17, 15) is 4.39 Å². The second kappa shape index (κ2) is 7.74. The van der Waals surface area contributed by atoms with Gasteiger partial charge in [0.05, 0.1) is 6.10 Å². The van der Waals surface area contributed by atoms with Gasteiger partial charge in [0.2, 0.25) is 0 Å². The van der Waals surface area contributed by atoms with Gasteiger partial charge in [-0.1, -0.05) is 20.8 Å². The van der Waals surface area contributed by atoms with E-state index in [-0.39, 0.29) is 0 Å². The second-order valence-corrected chi connectivity index (χ2v) is 7.38. The molecule has 0 spiro atoms. The molecule has 0 radical (unpaired) electrons. The van der Waals surface area contributed by atoms with Crippen LogP contribution in [0.25, 0.3) is 0 Å². The van der Waals surface area contributed by atoms with Crippen molar-refractivity contribution < 1.29 is 9.13 Å². The van der Waals surface area contributed by atoms with Crippen molar-refractivity contribution in [1.29, 1.82) is 0 Å². The van der Waals surface area contributed by atoms with Gasteiger partial charge < -0.3 is 4.74 Å². The third-order valence-electron chi connectivity index (χ3n) is 4.82. The highest BCUT2D eigenvalue weighted by Crippen LogP contribution is 2.27. The van der Waals surface area contributed by atoms with E-state index in [0.29, 0.717) is 30.5 Å². The van der Waals surface area contributed by atoms with E-state index in [1.165, 1.54) is 25.7 Å². The van der Waals surface area contributed by atoms with E-state index in [0.717, 1.165) is 26.0 Å². The zero-order valence-corrected chi connectivity index (χ0v) is 13.5. The van der Waals surface area contributed by atoms with Gasteiger partial charge >= 0.3 is 0 Å². The molecule has 2 unspecified atom stereocenters. The number of ether oxygens (including phenoxy) is 1. The number of halogens is 1. The molecule has 0 aromatic carbocycles. The van der Waals surface area contributed by atoms with E-state index in [4.69, 9.17) is 4.74 Å². The highest BCUT2D eigenvalue weighted by Gasteiger charge is 2.32. The molecule has 20 heavy (non-hydrogen) atoms. The van der Waals surface area contributed by atoms with Crippen LogP contribution in [-0.4, -0.2) is 42.9 Å². The fourth-order valence-corrected chi connectivity index (χ4v) is 3.77. The Kier molecular flexibility index (Phi) is 6.28. The Balaban J connectivity index is 1.70. The molecule has 0 aliphatic carbocycles. The first-order chi connectivity index (χ1) is 9.54. The summed E-state index contributed by atoms with van der Waals surface area (Å²) in [5, 5.41) is 0. The van der Waals surface area contributed by atoms with Crippen molar-refractivity contribution in [2.24, 2.45) is 11.8 Å². The lowest BCUT2D eigenvalue weighted by Crippen LogP contribution is -2.32. The van der Waals surface area contributed by atoms with Gasteiger partial charge in [0.15, 0.2) is 0 Å². The second-order valence-electron chi connectivity index (χ2n) is 7.38. The Morgan fingerprint density at radius 2 is 2.05 bits per heavy atom. The van der Waals surface area contributed by atoms with Crippen molar-refractivity contribution in [3.8, 4) is 0 Å². The van der Waals surface area contributed by atoms with E-state index in [2.05, 4.69) is 25.7 Å². The molecule has 2 fully saturated rings. The minimum Gasteiger partial charge on any atom is -0.378 e. The molecule has 0 bridgehead atoms. The molecule has 2 rings (SSSR count). The third-order valence-corrected chi connectivity index (χ3v) is 4.82. The first kappa shape index (κ1) is 16.2. The van der Waals surface area contributed by atoms with E-state index in [1.807, 2.05) is 0 Å². The molecule has 0 aromatic rings. The van der Waals surface area contributed by atoms with Crippen LogP contribution in [0.3, 0.4) is 0 Å². The van der Waals surface area contributed by atoms with Crippen LogP contribution < -0.4 is 0 Å². The van der Waals surface area contributed by atoms with Gasteiger partial charge in [0, 0.05) is 19.2 Å². The maximum atomic E-state index is 13.7. The molecular formula is C17H32FNO. The van der Waals surface area contributed by atoms with Gasteiger partial charge in [-0.2, -0.15) is 0 Å². The van der Waals surface area contributed by atoms with Gasteiger partial charge in [-0.15, -0.1) is 0 Å². The molecule has 0 aromatic heterocycles. The average Bonchev–Trinajstić information content (AvgIpc) is 2.96. The molecule has 4 atom stereocenters. The summed E-state index contributed by atoms with van der Waals surface area (Å²) < 4.78 is 19.4. The summed E-state index contributed by atoms with van der Waals surface area (Å²) in [6.45, 7) is 9.47. The van der Waals surface area contributed by atoms with Crippen molar-refractivity contribution in [2.45, 2.75) is 77.6 Å². The molecular weight excluding hydrogens is 253 g/mol. The van der Waals surface area contributed by atoms with Crippen LogP contribution in [0, 0.1) is 11.8 Å². The van der Waals surface area contributed by atoms with E-state index in [1.54, 1.807) is 0 Å². The molecule has 2 aliphatic rings. The Bertz CT molecular complexity index is 278. The molecule has 3 heteroatoms. The summed E-state index contributed by atoms with van der Waals surface area (Å²) in [5.41, 5.74) is 0. The Hall–Kier alpha value is -0.150. The van der Waals surface area contributed by atoms with Crippen LogP contribution >= 0.6 is 0 Å². The molecule has 0 amide bonds. The maximum absolute atomic E-state index is 13.7. The fraction of sp³-hybridized carbons (Fsp3) is 1.00. The Morgan fingerprint density at radius 1 is 1.25 bits per heavy atom. The van der Waals surface area contributed by atoms with Crippen molar-refractivity contribution in [1.82, 2.24) is 4.90 Å². The quantitative estimate of drug-likeness (QED) is 0.700. The number of likely N-dealkylation sites (tertiary alicyclic amines) is 1. The zero-order chi connectivity index (χ0) is 14.5. The standard InChI is InChI=1S/C17H32FNO/c1-13(2)9-16-11-15(18)12-19(16)7-6-14(3)10-17-5-4-8-20-17/h13-17H,4-12H2,1-3H3/t14?,15-,16+,17?/m0/s1. The monoisotopic (exact) mass is 285 g/mol. The maximum Gasteiger partial charge on any atom is 0.114 e. The highest BCUT2D eigenvalue weighted by atomic mass is 19.1. The van der Waals surface area contributed by atoms with Crippen LogP contribution in [0.4, 0.5) is 4.39 Å². The first-order valence-electron chi connectivity index (χ1n) is 8.54. The molecule has 118 valence electrons. The Morgan fingerprint density at radius 3 is 2.70 bits per heavy atom. The summed E-state index contributed by atoms with van der Waals surface area (Å²) in [6.07, 6.45) is 6.60. The smallest absolute Gasteiger partial charge is 0.114 e. The van der Waals surface area contributed by atoms with Gasteiger partial charge in [-0.3, -0.25) is 4.90 Å². The van der Waals surface area contributed by atoms with Gasteiger partial charge in [0.1, 0.15) is 6.17 Å².